The van der Waals surface area contributed by atoms with E-state index in [1.54, 1.807) is 30.3 Å². The van der Waals surface area contributed by atoms with Crippen LogP contribution in [0.25, 0.3) is 10.9 Å². The summed E-state index contributed by atoms with van der Waals surface area (Å²) in [6, 6.07) is 16.4. The summed E-state index contributed by atoms with van der Waals surface area (Å²) in [4.78, 5) is 32.3. The van der Waals surface area contributed by atoms with Gasteiger partial charge in [0.1, 0.15) is 11.5 Å². The molecule has 180 valence electrons. The molecule has 1 aromatic heterocycles. The predicted molar refractivity (Wildman–Crippen MR) is 130 cm³/mol. The van der Waals surface area contributed by atoms with E-state index in [4.69, 9.17) is 4.74 Å². The molecule has 8 nitrogen and oxygen atoms in total. The van der Waals surface area contributed by atoms with Crippen molar-refractivity contribution in [3.8, 4) is 0 Å². The molecule has 3 heterocycles. The van der Waals surface area contributed by atoms with Crippen molar-refractivity contribution in [1.29, 1.82) is 0 Å². The lowest BCUT2D eigenvalue weighted by atomic mass is 9.96. The van der Waals surface area contributed by atoms with Crippen molar-refractivity contribution in [1.82, 2.24) is 14.2 Å². The standard InChI is InChI=1S/C26H25N3O5S/c1-2-8-20-24-21(14-16-28(24)26(31)34-17-18-9-4-3-5-10-18)29(25(20)30)35(32,33)22-13-6-11-19-12-7-15-27-23(19)22/h2-7,9-13,15,20-21,24H,1,8,14,16-17H2/t20-,21+,24-/m1/s1. The van der Waals surface area contributed by atoms with E-state index in [0.717, 1.165) is 9.87 Å². The summed E-state index contributed by atoms with van der Waals surface area (Å²) < 4.78 is 34.2. The van der Waals surface area contributed by atoms with Crippen LogP contribution in [0.5, 0.6) is 0 Å². The molecule has 0 N–H and O–H groups in total. The van der Waals surface area contributed by atoms with Crippen molar-refractivity contribution in [2.45, 2.75) is 36.4 Å². The highest BCUT2D eigenvalue weighted by atomic mass is 32.2. The van der Waals surface area contributed by atoms with E-state index >= 15 is 0 Å². The van der Waals surface area contributed by atoms with Crippen molar-refractivity contribution >= 4 is 32.9 Å². The molecule has 2 amide bonds. The Morgan fingerprint density at radius 2 is 1.89 bits per heavy atom. The quantitative estimate of drug-likeness (QED) is 0.488. The fourth-order valence-electron chi connectivity index (χ4n) is 5.14. The van der Waals surface area contributed by atoms with E-state index in [0.29, 0.717) is 23.9 Å². The van der Waals surface area contributed by atoms with E-state index < -0.39 is 40.0 Å². The molecule has 3 atom stereocenters. The van der Waals surface area contributed by atoms with Gasteiger partial charge in [0.15, 0.2) is 0 Å². The number of carbonyl (C=O) groups is 2. The second-order valence-electron chi connectivity index (χ2n) is 8.68. The number of allylic oxidation sites excluding steroid dienone is 1. The summed E-state index contributed by atoms with van der Waals surface area (Å²) >= 11 is 0. The molecule has 0 bridgehead atoms. The van der Waals surface area contributed by atoms with Crippen LogP contribution in [0.4, 0.5) is 4.79 Å². The average Bonchev–Trinajstić information content (AvgIpc) is 3.41. The second-order valence-corrected chi connectivity index (χ2v) is 10.5. The van der Waals surface area contributed by atoms with Gasteiger partial charge < -0.3 is 9.64 Å². The van der Waals surface area contributed by atoms with Gasteiger partial charge in [-0.2, -0.15) is 0 Å². The number of aromatic nitrogens is 1. The Kier molecular flexibility index (Phi) is 6.02. The molecule has 2 aliphatic heterocycles. The fourth-order valence-corrected chi connectivity index (χ4v) is 6.97. The van der Waals surface area contributed by atoms with Crippen molar-refractivity contribution < 1.29 is 22.7 Å². The number of carbonyl (C=O) groups excluding carboxylic acids is 2. The monoisotopic (exact) mass is 491 g/mol. The van der Waals surface area contributed by atoms with Crippen LogP contribution in [-0.2, 0) is 26.2 Å². The van der Waals surface area contributed by atoms with Crippen LogP contribution in [-0.4, -0.2) is 53.2 Å². The Labute approximate surface area is 203 Å². The zero-order valence-corrected chi connectivity index (χ0v) is 19.8. The van der Waals surface area contributed by atoms with Crippen LogP contribution in [0.1, 0.15) is 18.4 Å². The van der Waals surface area contributed by atoms with Gasteiger partial charge in [-0.15, -0.1) is 6.58 Å². The molecule has 9 heteroatoms. The number of ether oxygens (including phenoxy) is 1. The fraction of sp³-hybridized carbons (Fsp3) is 0.269. The molecule has 5 rings (SSSR count). The number of amides is 2. The topological polar surface area (TPSA) is 96.9 Å². The number of rotatable bonds is 6. The Morgan fingerprint density at radius 3 is 2.66 bits per heavy atom. The zero-order valence-electron chi connectivity index (χ0n) is 19.0. The van der Waals surface area contributed by atoms with E-state index in [1.165, 1.54) is 17.2 Å². The van der Waals surface area contributed by atoms with Crippen LogP contribution in [0.3, 0.4) is 0 Å². The van der Waals surface area contributed by atoms with Crippen LogP contribution in [0.15, 0.2) is 84.4 Å². The SMILES string of the molecule is C=CC[C@H]1C(=O)N(S(=O)(=O)c2cccc3cccnc23)[C@H]2CCN(C(=O)OCc3ccccc3)[C@H]12. The minimum absolute atomic E-state index is 0.0212. The number of likely N-dealkylation sites (tertiary alicyclic amines) is 1. The Balaban J connectivity index is 1.46. The highest BCUT2D eigenvalue weighted by Crippen LogP contribution is 2.42. The van der Waals surface area contributed by atoms with E-state index in [9.17, 15) is 18.0 Å². The summed E-state index contributed by atoms with van der Waals surface area (Å²) in [6.45, 7) is 4.13. The van der Waals surface area contributed by atoms with Gasteiger partial charge in [-0.25, -0.2) is 17.5 Å². The molecule has 2 aromatic carbocycles. The molecule has 0 radical (unpaired) electrons. The Hall–Kier alpha value is -3.72. The van der Waals surface area contributed by atoms with Crippen LogP contribution in [0.2, 0.25) is 0 Å². The highest BCUT2D eigenvalue weighted by Gasteiger charge is 2.58. The number of benzene rings is 2. The van der Waals surface area contributed by atoms with Gasteiger partial charge in [-0.05, 0) is 30.5 Å². The third-order valence-electron chi connectivity index (χ3n) is 6.66. The number of para-hydroxylation sites is 1. The third kappa shape index (κ3) is 3.95. The van der Waals surface area contributed by atoms with Gasteiger partial charge >= 0.3 is 6.09 Å². The van der Waals surface area contributed by atoms with Gasteiger partial charge in [0.05, 0.1) is 23.5 Å². The molecule has 0 spiro atoms. The first kappa shape index (κ1) is 23.0. The summed E-state index contributed by atoms with van der Waals surface area (Å²) in [5, 5.41) is 0.664. The minimum Gasteiger partial charge on any atom is -0.445 e. The molecule has 2 aliphatic rings. The van der Waals surface area contributed by atoms with Crippen LogP contribution < -0.4 is 0 Å². The number of fused-ring (bicyclic) bond motifs is 2. The van der Waals surface area contributed by atoms with Gasteiger partial charge in [0.25, 0.3) is 10.0 Å². The Morgan fingerprint density at radius 1 is 1.11 bits per heavy atom. The molecule has 3 aromatic rings. The summed E-state index contributed by atoms with van der Waals surface area (Å²) in [5.41, 5.74) is 1.15. The molecule has 2 saturated heterocycles. The van der Waals surface area contributed by atoms with Gasteiger partial charge in [-0.1, -0.05) is 54.6 Å². The van der Waals surface area contributed by atoms with E-state index in [-0.39, 0.29) is 17.9 Å². The molecule has 0 aliphatic carbocycles. The van der Waals surface area contributed by atoms with Crippen molar-refractivity contribution in [3.05, 3.63) is 85.1 Å². The van der Waals surface area contributed by atoms with Crippen molar-refractivity contribution in [2.24, 2.45) is 5.92 Å². The minimum atomic E-state index is -4.22. The highest BCUT2D eigenvalue weighted by molar-refractivity contribution is 7.90. The molecule has 0 unspecified atom stereocenters. The van der Waals surface area contributed by atoms with Gasteiger partial charge in [-0.3, -0.25) is 9.78 Å². The predicted octanol–water partition coefficient (Wildman–Crippen LogP) is 3.74. The van der Waals surface area contributed by atoms with Crippen LogP contribution in [0, 0.1) is 5.92 Å². The number of nitrogens with zero attached hydrogens (tertiary/aromatic N) is 3. The molecule has 2 fully saturated rings. The molecule has 35 heavy (non-hydrogen) atoms. The van der Waals surface area contributed by atoms with Crippen molar-refractivity contribution in [2.75, 3.05) is 6.54 Å². The Bertz CT molecular complexity index is 1390. The lowest BCUT2D eigenvalue weighted by Gasteiger charge is -2.26. The largest absolute Gasteiger partial charge is 0.445 e. The lowest BCUT2D eigenvalue weighted by Crippen LogP contribution is -2.43. The molecular formula is C26H25N3O5S. The third-order valence-corrected chi connectivity index (χ3v) is 8.51. The number of hydrogen-bond donors (Lipinski definition) is 0. The van der Waals surface area contributed by atoms with Crippen LogP contribution >= 0.6 is 0 Å². The number of pyridine rings is 1. The van der Waals surface area contributed by atoms with Gasteiger partial charge in [0.2, 0.25) is 5.91 Å². The second kappa shape index (κ2) is 9.14. The van der Waals surface area contributed by atoms with E-state index in [1.807, 2.05) is 30.3 Å². The maximum atomic E-state index is 13.8. The average molecular weight is 492 g/mol. The van der Waals surface area contributed by atoms with Crippen molar-refractivity contribution in [3.63, 3.8) is 0 Å². The first-order valence-electron chi connectivity index (χ1n) is 11.4. The van der Waals surface area contributed by atoms with E-state index in [2.05, 4.69) is 11.6 Å². The summed E-state index contributed by atoms with van der Waals surface area (Å²) in [6.07, 6.45) is 3.14. The molecular weight excluding hydrogens is 466 g/mol. The first-order chi connectivity index (χ1) is 16.9. The van der Waals surface area contributed by atoms with Gasteiger partial charge in [0, 0.05) is 18.1 Å². The normalized spacial score (nSPS) is 21.8. The maximum Gasteiger partial charge on any atom is 0.410 e. The lowest BCUT2D eigenvalue weighted by molar-refractivity contribution is -0.128. The summed E-state index contributed by atoms with van der Waals surface area (Å²) in [7, 11) is -4.22. The summed E-state index contributed by atoms with van der Waals surface area (Å²) in [5.74, 6) is -1.25. The number of sulfonamides is 1. The first-order valence-corrected chi connectivity index (χ1v) is 12.9. The number of hydrogen-bond acceptors (Lipinski definition) is 6. The molecule has 0 saturated carbocycles. The zero-order chi connectivity index (χ0) is 24.6. The maximum absolute atomic E-state index is 13.8. The smallest absolute Gasteiger partial charge is 0.410 e.